The summed E-state index contributed by atoms with van der Waals surface area (Å²) in [6, 6.07) is 9.46. The molecule has 2 N–H and O–H groups in total. The van der Waals surface area contributed by atoms with E-state index in [1.165, 1.54) is 0 Å². The fourth-order valence-corrected chi connectivity index (χ4v) is 3.22. The zero-order valence-electron chi connectivity index (χ0n) is 10.2. The lowest BCUT2D eigenvalue weighted by atomic mass is 10.1. The third-order valence-corrected chi connectivity index (χ3v) is 4.62. The smallest absolute Gasteiger partial charge is 0.199 e. The molecule has 0 atom stereocenters. The highest BCUT2D eigenvalue weighted by Crippen LogP contribution is 2.36. The molecular weight excluding hydrogens is 407 g/mol. The van der Waals surface area contributed by atoms with Gasteiger partial charge in [0.15, 0.2) is 11.5 Å². The van der Waals surface area contributed by atoms with Crippen molar-refractivity contribution in [1.82, 2.24) is 4.98 Å². The molecule has 0 spiro atoms. The van der Waals surface area contributed by atoms with Gasteiger partial charge in [0.1, 0.15) is 5.52 Å². The topological polar surface area (TPSA) is 52.0 Å². The first-order chi connectivity index (χ1) is 9.54. The lowest BCUT2D eigenvalue weighted by molar-refractivity contribution is 0.543. The molecule has 3 rings (SSSR count). The van der Waals surface area contributed by atoms with Crippen molar-refractivity contribution in [2.75, 3.05) is 5.73 Å². The molecule has 0 radical (unpaired) electrons. The minimum absolute atomic E-state index is 0.603. The van der Waals surface area contributed by atoms with E-state index >= 15 is 0 Å². The Bertz CT molecular complexity index is 784. The number of fused-ring (bicyclic) bond motifs is 1. The Morgan fingerprint density at radius 1 is 1.20 bits per heavy atom. The summed E-state index contributed by atoms with van der Waals surface area (Å²) >= 11 is 12.7. The molecule has 0 bridgehead atoms. The van der Waals surface area contributed by atoms with Crippen LogP contribution in [0.2, 0.25) is 5.02 Å². The summed E-state index contributed by atoms with van der Waals surface area (Å²) in [5.74, 6) is 0.639. The van der Waals surface area contributed by atoms with E-state index in [0.29, 0.717) is 28.6 Å². The second-order valence-electron chi connectivity index (χ2n) is 4.35. The Labute approximate surface area is 137 Å². The molecule has 0 fully saturated rings. The van der Waals surface area contributed by atoms with E-state index in [-0.39, 0.29) is 0 Å². The molecule has 0 aliphatic rings. The number of aromatic nitrogens is 1. The van der Waals surface area contributed by atoms with Gasteiger partial charge in [-0.25, -0.2) is 4.98 Å². The standard InChI is InChI=1S/C14H9Br2ClN2O/c15-9-6-10-14(12(16)13(9)18)20-11(19-10)5-7-1-3-8(17)4-2-7/h1-4,6H,5,18H2. The number of nitrogen functional groups attached to an aromatic ring is 1. The molecule has 0 unspecified atom stereocenters. The molecule has 6 heteroatoms. The van der Waals surface area contributed by atoms with Gasteiger partial charge in [-0.2, -0.15) is 0 Å². The molecule has 0 aliphatic carbocycles. The molecule has 0 amide bonds. The van der Waals surface area contributed by atoms with Crippen LogP contribution < -0.4 is 5.73 Å². The molecule has 0 saturated carbocycles. The second-order valence-corrected chi connectivity index (χ2v) is 6.43. The van der Waals surface area contributed by atoms with Crippen LogP contribution >= 0.6 is 43.5 Å². The number of nitrogens with zero attached hydrogens (tertiary/aromatic N) is 1. The number of hydrogen-bond acceptors (Lipinski definition) is 3. The number of halogens is 3. The van der Waals surface area contributed by atoms with Crippen LogP contribution in [0.15, 0.2) is 43.7 Å². The highest BCUT2D eigenvalue weighted by Gasteiger charge is 2.14. The van der Waals surface area contributed by atoms with E-state index in [4.69, 9.17) is 21.8 Å². The van der Waals surface area contributed by atoms with Crippen molar-refractivity contribution < 1.29 is 4.42 Å². The molecule has 20 heavy (non-hydrogen) atoms. The molecule has 3 aromatic rings. The van der Waals surface area contributed by atoms with Crippen molar-refractivity contribution in [3.8, 4) is 0 Å². The van der Waals surface area contributed by atoms with Gasteiger partial charge in [-0.05, 0) is 55.6 Å². The Hall–Kier alpha value is -1.04. The van der Waals surface area contributed by atoms with Gasteiger partial charge in [0.25, 0.3) is 0 Å². The summed E-state index contributed by atoms with van der Waals surface area (Å²) < 4.78 is 7.29. The summed E-state index contributed by atoms with van der Waals surface area (Å²) in [7, 11) is 0. The third kappa shape index (κ3) is 2.57. The Morgan fingerprint density at radius 2 is 1.90 bits per heavy atom. The van der Waals surface area contributed by atoms with E-state index in [2.05, 4.69) is 36.8 Å². The lowest BCUT2D eigenvalue weighted by Gasteiger charge is -2.00. The van der Waals surface area contributed by atoms with Crippen LogP contribution in [0.3, 0.4) is 0 Å². The molecule has 0 saturated heterocycles. The summed E-state index contributed by atoms with van der Waals surface area (Å²) in [4.78, 5) is 4.48. The molecule has 3 nitrogen and oxygen atoms in total. The van der Waals surface area contributed by atoms with Gasteiger partial charge in [0, 0.05) is 15.9 Å². The number of benzene rings is 2. The van der Waals surface area contributed by atoms with Crippen LogP contribution in [0.5, 0.6) is 0 Å². The number of hydrogen-bond donors (Lipinski definition) is 1. The molecular formula is C14H9Br2ClN2O. The molecule has 0 aliphatic heterocycles. The summed E-state index contributed by atoms with van der Waals surface area (Å²) in [5.41, 5.74) is 9.05. The highest BCUT2D eigenvalue weighted by molar-refractivity contribution is 9.11. The first-order valence-electron chi connectivity index (χ1n) is 5.82. The Morgan fingerprint density at radius 3 is 2.60 bits per heavy atom. The van der Waals surface area contributed by atoms with Crippen molar-refractivity contribution in [3.05, 3.63) is 55.8 Å². The number of anilines is 1. The zero-order chi connectivity index (χ0) is 14.3. The van der Waals surface area contributed by atoms with Gasteiger partial charge in [-0.1, -0.05) is 23.7 Å². The van der Waals surface area contributed by atoms with Gasteiger partial charge in [-0.15, -0.1) is 0 Å². The Balaban J connectivity index is 2.01. The van der Waals surface area contributed by atoms with Crippen molar-refractivity contribution in [1.29, 1.82) is 0 Å². The molecule has 1 aromatic heterocycles. The van der Waals surface area contributed by atoms with Crippen LogP contribution in [0.25, 0.3) is 11.1 Å². The van der Waals surface area contributed by atoms with Crippen molar-refractivity contribution in [2.24, 2.45) is 0 Å². The van der Waals surface area contributed by atoms with Crippen molar-refractivity contribution in [2.45, 2.75) is 6.42 Å². The summed E-state index contributed by atoms with van der Waals surface area (Å²) in [6.45, 7) is 0. The predicted molar refractivity (Wildman–Crippen MR) is 88.1 cm³/mol. The molecule has 1 heterocycles. The Kier molecular flexibility index (Phi) is 3.75. The van der Waals surface area contributed by atoms with Gasteiger partial charge in [-0.3, -0.25) is 0 Å². The zero-order valence-corrected chi connectivity index (χ0v) is 14.1. The van der Waals surface area contributed by atoms with E-state index in [1.54, 1.807) is 0 Å². The fraction of sp³-hybridized carbons (Fsp3) is 0.0714. The monoisotopic (exact) mass is 414 g/mol. The second kappa shape index (κ2) is 5.39. The number of oxazole rings is 1. The highest BCUT2D eigenvalue weighted by atomic mass is 79.9. The fourth-order valence-electron chi connectivity index (χ4n) is 1.91. The molecule has 102 valence electrons. The van der Waals surface area contributed by atoms with E-state index in [1.807, 2.05) is 30.3 Å². The van der Waals surface area contributed by atoms with Crippen LogP contribution in [-0.2, 0) is 6.42 Å². The van der Waals surface area contributed by atoms with E-state index < -0.39 is 0 Å². The third-order valence-electron chi connectivity index (χ3n) is 2.92. The van der Waals surface area contributed by atoms with E-state index in [9.17, 15) is 0 Å². The van der Waals surface area contributed by atoms with Crippen LogP contribution in [-0.4, -0.2) is 4.98 Å². The van der Waals surface area contributed by atoms with Crippen LogP contribution in [0.4, 0.5) is 5.69 Å². The SMILES string of the molecule is Nc1c(Br)cc2nc(Cc3ccc(Cl)cc3)oc2c1Br. The van der Waals surface area contributed by atoms with Gasteiger partial charge < -0.3 is 10.2 Å². The maximum absolute atomic E-state index is 5.93. The van der Waals surface area contributed by atoms with Gasteiger partial charge >= 0.3 is 0 Å². The van der Waals surface area contributed by atoms with Gasteiger partial charge in [0.05, 0.1) is 10.2 Å². The summed E-state index contributed by atoms with van der Waals surface area (Å²) in [5, 5.41) is 0.714. The first kappa shape index (κ1) is 13.9. The predicted octanol–water partition coefficient (Wildman–Crippen LogP) is 5.18. The normalized spacial score (nSPS) is 11.2. The largest absolute Gasteiger partial charge is 0.439 e. The quantitative estimate of drug-likeness (QED) is 0.586. The summed E-state index contributed by atoms with van der Waals surface area (Å²) in [6.07, 6.45) is 0.607. The lowest BCUT2D eigenvalue weighted by Crippen LogP contribution is -1.88. The molecule has 2 aromatic carbocycles. The maximum Gasteiger partial charge on any atom is 0.199 e. The number of rotatable bonds is 2. The minimum atomic E-state index is 0.603. The number of nitrogens with two attached hydrogens (primary N) is 1. The van der Waals surface area contributed by atoms with E-state index in [0.717, 1.165) is 20.0 Å². The first-order valence-corrected chi connectivity index (χ1v) is 7.78. The average Bonchev–Trinajstić information content (AvgIpc) is 2.81. The van der Waals surface area contributed by atoms with Crippen molar-refractivity contribution >= 4 is 60.2 Å². The van der Waals surface area contributed by atoms with Crippen molar-refractivity contribution in [3.63, 3.8) is 0 Å². The minimum Gasteiger partial charge on any atom is -0.439 e. The average molecular weight is 417 g/mol. The van der Waals surface area contributed by atoms with Crippen LogP contribution in [0, 0.1) is 0 Å². The maximum atomic E-state index is 5.93. The van der Waals surface area contributed by atoms with Crippen LogP contribution in [0.1, 0.15) is 11.5 Å². The van der Waals surface area contributed by atoms with Gasteiger partial charge in [0.2, 0.25) is 0 Å².